The summed E-state index contributed by atoms with van der Waals surface area (Å²) in [5.74, 6) is 0. The zero-order valence-electron chi connectivity index (χ0n) is 10.4. The molecule has 0 radical (unpaired) electrons. The first kappa shape index (κ1) is 29.3. The number of rotatable bonds is 1. The van der Waals surface area contributed by atoms with Crippen molar-refractivity contribution in [2.45, 2.75) is 75.2 Å². The smallest absolute Gasteiger partial charge is 0.0473 e. The van der Waals surface area contributed by atoms with E-state index in [1.807, 2.05) is 20.8 Å². The Labute approximate surface area is 88.5 Å². The average molecular weight is 190 g/mol. The topological polar surface area (TPSA) is 0 Å². The summed E-state index contributed by atoms with van der Waals surface area (Å²) >= 11 is 0. The molecule has 0 fully saturated rings. The highest BCUT2D eigenvalue weighted by Gasteiger charge is 1.56. The zero-order chi connectivity index (χ0) is 10.8. The number of unbranched alkanes of at least 4 members (excludes halogenated alkanes) is 1. The molecule has 0 heterocycles. The van der Waals surface area contributed by atoms with Crippen molar-refractivity contribution in [1.82, 2.24) is 0 Å². The van der Waals surface area contributed by atoms with Crippen LogP contribution in [0.3, 0.4) is 0 Å². The van der Waals surface area contributed by atoms with Gasteiger partial charge in [0.05, 0.1) is 0 Å². The number of allylic oxidation sites excluding steroid dienone is 1. The molecular formula is C13H34. The summed E-state index contributed by atoms with van der Waals surface area (Å²) < 4.78 is 0. The van der Waals surface area contributed by atoms with Crippen LogP contribution in [0.4, 0.5) is 0 Å². The lowest BCUT2D eigenvalue weighted by molar-refractivity contribution is 0.886. The Morgan fingerprint density at radius 3 is 1.00 bits per heavy atom. The first-order valence-electron chi connectivity index (χ1n) is 5.31. The lowest BCUT2D eigenvalue weighted by Crippen LogP contribution is -1.47. The van der Waals surface area contributed by atoms with Gasteiger partial charge in [-0.15, -0.1) is 6.58 Å². The number of hydrogen-bond acceptors (Lipinski definition) is 0. The summed E-state index contributed by atoms with van der Waals surface area (Å²) in [7, 11) is 0. The molecule has 0 aliphatic carbocycles. The molecule has 0 unspecified atom stereocenters. The molecule has 0 aromatic carbocycles. The molecule has 0 aromatic rings. The van der Waals surface area contributed by atoms with Crippen molar-refractivity contribution in [1.29, 1.82) is 0 Å². The summed E-state index contributed by atoms with van der Waals surface area (Å²) in [6, 6.07) is 0. The van der Waals surface area contributed by atoms with Gasteiger partial charge < -0.3 is 0 Å². The van der Waals surface area contributed by atoms with Gasteiger partial charge in [-0.3, -0.25) is 0 Å². The minimum absolute atomic E-state index is 0. The van der Waals surface area contributed by atoms with Crippen LogP contribution in [0, 0.1) is 0 Å². The molecule has 0 N–H and O–H groups in total. The highest BCUT2D eigenvalue weighted by Crippen LogP contribution is 1.76. The van der Waals surface area contributed by atoms with Crippen LogP contribution in [-0.4, -0.2) is 0 Å². The molecule has 0 nitrogen and oxygen atoms in total. The Kier molecular flexibility index (Phi) is 218. The molecule has 0 amide bonds. The lowest BCUT2D eigenvalue weighted by Gasteiger charge is -1.68. The lowest BCUT2D eigenvalue weighted by atomic mass is 10.4. The van der Waals surface area contributed by atoms with E-state index in [2.05, 4.69) is 34.3 Å². The van der Waals surface area contributed by atoms with Gasteiger partial charge in [0, 0.05) is 0 Å². The van der Waals surface area contributed by atoms with Crippen LogP contribution in [0.15, 0.2) is 12.7 Å². The van der Waals surface area contributed by atoms with E-state index in [1.54, 1.807) is 6.08 Å². The fourth-order valence-corrected chi connectivity index (χ4v) is 0. The van der Waals surface area contributed by atoms with Gasteiger partial charge in [0.1, 0.15) is 0 Å². The third-order valence-electron chi connectivity index (χ3n) is 0.500. The predicted molar refractivity (Wildman–Crippen MR) is 70.5 cm³/mol. The molecule has 0 aliphatic heterocycles. The monoisotopic (exact) mass is 190 g/mol. The molecule has 0 rings (SSSR count). The molecule has 0 heteroatoms. The van der Waals surface area contributed by atoms with Crippen LogP contribution in [0.2, 0.25) is 0 Å². The molecule has 0 saturated heterocycles. The first-order valence-corrected chi connectivity index (χ1v) is 5.31. The van der Waals surface area contributed by atoms with Gasteiger partial charge in [-0.25, -0.2) is 0 Å². The highest BCUT2D eigenvalue weighted by atomic mass is 13.6. The van der Waals surface area contributed by atoms with Crippen LogP contribution in [-0.2, 0) is 0 Å². The number of hydrogen-bond donors (Lipinski definition) is 0. The maximum absolute atomic E-state index is 3.36. The Balaban J connectivity index is -0.0000000220. The van der Waals surface area contributed by atoms with Gasteiger partial charge in [0.15, 0.2) is 0 Å². The fourth-order valence-electron chi connectivity index (χ4n) is 0. The van der Waals surface area contributed by atoms with Gasteiger partial charge >= 0.3 is 0 Å². The molecular weight excluding hydrogens is 156 g/mol. The van der Waals surface area contributed by atoms with Crippen molar-refractivity contribution in [3.63, 3.8) is 0 Å². The van der Waals surface area contributed by atoms with Crippen LogP contribution >= 0.6 is 0 Å². The molecule has 0 bridgehead atoms. The second-order valence-corrected chi connectivity index (χ2v) is 2.12. The van der Waals surface area contributed by atoms with E-state index in [9.17, 15) is 0 Å². The SMILES string of the molecule is C.C=CC.CC.CCC.CCCC. The van der Waals surface area contributed by atoms with E-state index >= 15 is 0 Å². The average Bonchev–Trinajstić information content (AvgIpc) is 2.10. The molecule has 0 aromatic heterocycles. The van der Waals surface area contributed by atoms with Gasteiger partial charge in [-0.2, -0.15) is 0 Å². The van der Waals surface area contributed by atoms with Gasteiger partial charge in [-0.1, -0.05) is 74.3 Å². The van der Waals surface area contributed by atoms with E-state index in [0.29, 0.717) is 0 Å². The summed E-state index contributed by atoms with van der Waals surface area (Å²) in [5.41, 5.74) is 0. The molecule has 86 valence electrons. The normalized spacial score (nSPS) is 5.15. The molecule has 0 saturated carbocycles. The molecule has 13 heavy (non-hydrogen) atoms. The maximum Gasteiger partial charge on any atom is -0.0473 e. The van der Waals surface area contributed by atoms with Crippen molar-refractivity contribution in [3.8, 4) is 0 Å². The van der Waals surface area contributed by atoms with Crippen molar-refractivity contribution < 1.29 is 0 Å². The summed E-state index contributed by atoms with van der Waals surface area (Å²) in [6.45, 7) is 17.9. The highest BCUT2D eigenvalue weighted by molar-refractivity contribution is 4.51. The maximum atomic E-state index is 3.36. The van der Waals surface area contributed by atoms with Gasteiger partial charge in [-0.05, 0) is 6.92 Å². The fraction of sp³-hybridized carbons (Fsp3) is 0.846. The second kappa shape index (κ2) is 96.8. The van der Waals surface area contributed by atoms with Crippen molar-refractivity contribution >= 4 is 0 Å². The predicted octanol–water partition coefficient (Wildman–Crippen LogP) is 6.08. The van der Waals surface area contributed by atoms with Gasteiger partial charge in [0.25, 0.3) is 0 Å². The Hall–Kier alpha value is -0.260. The molecule has 0 aliphatic rings. The standard InChI is InChI=1S/C4H10.C3H8.C3H6.C2H6.CH4/c1-3-4-2;2*1-3-2;1-2;/h3-4H2,1-2H3;3H2,1-2H3;3H,1H2,2H3;1-2H3;1H4. The summed E-state index contributed by atoms with van der Waals surface area (Å²) in [6.07, 6.45) is 5.64. The first-order chi connectivity index (χ1) is 5.74. The summed E-state index contributed by atoms with van der Waals surface area (Å²) in [4.78, 5) is 0. The van der Waals surface area contributed by atoms with Crippen LogP contribution in [0.5, 0.6) is 0 Å². The molecule has 0 spiro atoms. The third kappa shape index (κ3) is 2030. The summed E-state index contributed by atoms with van der Waals surface area (Å²) in [5, 5.41) is 0. The van der Waals surface area contributed by atoms with E-state index < -0.39 is 0 Å². The van der Waals surface area contributed by atoms with E-state index in [-0.39, 0.29) is 7.43 Å². The quantitative estimate of drug-likeness (QED) is 0.440. The van der Waals surface area contributed by atoms with Crippen LogP contribution in [0.1, 0.15) is 75.2 Å². The largest absolute Gasteiger partial charge is 0.103 e. The van der Waals surface area contributed by atoms with E-state index in [0.717, 1.165) is 0 Å². The van der Waals surface area contributed by atoms with Crippen LogP contribution < -0.4 is 0 Å². The molecule has 0 atom stereocenters. The Morgan fingerprint density at radius 1 is 0.923 bits per heavy atom. The van der Waals surface area contributed by atoms with Crippen molar-refractivity contribution in [3.05, 3.63) is 12.7 Å². The minimum Gasteiger partial charge on any atom is -0.103 e. The Morgan fingerprint density at radius 2 is 1.00 bits per heavy atom. The van der Waals surface area contributed by atoms with E-state index in [1.165, 1.54) is 19.3 Å². The zero-order valence-corrected chi connectivity index (χ0v) is 10.4. The van der Waals surface area contributed by atoms with E-state index in [4.69, 9.17) is 0 Å². The minimum atomic E-state index is 0. The third-order valence-corrected chi connectivity index (χ3v) is 0.500. The Bertz CT molecular complexity index is 27.0. The van der Waals surface area contributed by atoms with Crippen molar-refractivity contribution in [2.24, 2.45) is 0 Å². The van der Waals surface area contributed by atoms with Crippen LogP contribution in [0.25, 0.3) is 0 Å². The van der Waals surface area contributed by atoms with Gasteiger partial charge in [0.2, 0.25) is 0 Å². The second-order valence-electron chi connectivity index (χ2n) is 2.12. The van der Waals surface area contributed by atoms with Crippen molar-refractivity contribution in [2.75, 3.05) is 0 Å².